The molecule has 2 aromatic heterocycles. The molecule has 2 saturated heterocycles. The Kier molecular flexibility index (Phi) is 8.94. The van der Waals surface area contributed by atoms with E-state index in [4.69, 9.17) is 30.5 Å². The molecule has 222 valence electrons. The molecule has 2 aliphatic rings. The van der Waals surface area contributed by atoms with Gasteiger partial charge in [-0.3, -0.25) is 14.7 Å². The normalized spacial score (nSPS) is 18.5. The van der Waals surface area contributed by atoms with Crippen molar-refractivity contribution in [2.75, 3.05) is 50.6 Å². The van der Waals surface area contributed by atoms with Crippen LogP contribution in [0.3, 0.4) is 0 Å². The maximum absolute atomic E-state index is 12.8. The molecule has 1 amide bonds. The Morgan fingerprint density at radius 2 is 1.91 bits per heavy atom. The molecule has 2 fully saturated rings. The van der Waals surface area contributed by atoms with Crippen LogP contribution in [0.5, 0.6) is 11.5 Å². The van der Waals surface area contributed by atoms with Gasteiger partial charge >= 0.3 is 0 Å². The lowest BCUT2D eigenvalue weighted by Crippen LogP contribution is -2.36. The van der Waals surface area contributed by atoms with Gasteiger partial charge in [0.1, 0.15) is 30.3 Å². The van der Waals surface area contributed by atoms with Crippen LogP contribution in [-0.4, -0.2) is 77.9 Å². The lowest BCUT2D eigenvalue weighted by atomic mass is 10.1. The maximum atomic E-state index is 12.8. The number of hydrogen-bond acceptors (Lipinski definition) is 10. The lowest BCUT2D eigenvalue weighted by Gasteiger charge is -2.24. The quantitative estimate of drug-likeness (QED) is 0.249. The summed E-state index contributed by atoms with van der Waals surface area (Å²) in [5, 5.41) is 7.34. The molecule has 2 N–H and O–H groups in total. The summed E-state index contributed by atoms with van der Waals surface area (Å²) in [7, 11) is 1.55. The molecule has 0 radical (unpaired) electrons. The van der Waals surface area contributed by atoms with E-state index >= 15 is 0 Å². The van der Waals surface area contributed by atoms with Gasteiger partial charge in [0.25, 0.3) is 0 Å². The highest BCUT2D eigenvalue weighted by atomic mass is 35.5. The summed E-state index contributed by atoms with van der Waals surface area (Å²) >= 11 is 6.51. The number of ether oxygens (including phenoxy) is 4. The fourth-order valence-electron chi connectivity index (χ4n) is 5.09. The van der Waals surface area contributed by atoms with Crippen molar-refractivity contribution >= 4 is 45.6 Å². The highest BCUT2D eigenvalue weighted by Crippen LogP contribution is 2.35. The van der Waals surface area contributed by atoms with E-state index in [1.807, 2.05) is 30.3 Å². The van der Waals surface area contributed by atoms with Crippen molar-refractivity contribution < 1.29 is 23.7 Å². The predicted octanol–water partition coefficient (Wildman–Crippen LogP) is 4.60. The van der Waals surface area contributed by atoms with Crippen LogP contribution in [0.4, 0.5) is 17.2 Å². The van der Waals surface area contributed by atoms with Gasteiger partial charge in [0.2, 0.25) is 5.91 Å². The van der Waals surface area contributed by atoms with Crippen molar-refractivity contribution in [2.24, 2.45) is 0 Å². The zero-order valence-electron chi connectivity index (χ0n) is 23.5. The first-order chi connectivity index (χ1) is 21.1. The Hall–Kier alpha value is -4.29. The molecule has 4 aromatic rings. The Labute approximate surface area is 253 Å². The first kappa shape index (κ1) is 28.8. The average Bonchev–Trinajstić information content (AvgIpc) is 3.44. The van der Waals surface area contributed by atoms with Crippen LogP contribution in [0.2, 0.25) is 5.02 Å². The summed E-state index contributed by atoms with van der Waals surface area (Å²) in [5.74, 6) is 1.28. The number of pyridine rings is 1. The molecule has 0 bridgehead atoms. The fourth-order valence-corrected chi connectivity index (χ4v) is 5.32. The zero-order chi connectivity index (χ0) is 29.6. The van der Waals surface area contributed by atoms with E-state index in [9.17, 15) is 4.79 Å². The fraction of sp³-hybridized carbons (Fsp3) is 0.290. The number of anilines is 3. The smallest absolute Gasteiger partial charge is 0.248 e. The minimum atomic E-state index is -0.277. The second-order valence-electron chi connectivity index (χ2n) is 10.1. The van der Waals surface area contributed by atoms with Gasteiger partial charge in [-0.1, -0.05) is 23.7 Å². The Morgan fingerprint density at radius 1 is 1.07 bits per heavy atom. The highest BCUT2D eigenvalue weighted by molar-refractivity contribution is 6.32. The zero-order valence-corrected chi connectivity index (χ0v) is 24.3. The third-order valence-electron chi connectivity index (χ3n) is 7.18. The summed E-state index contributed by atoms with van der Waals surface area (Å²) in [4.78, 5) is 28.1. The number of nitrogens with one attached hydrogen (secondary N) is 2. The Bertz CT molecular complexity index is 1610. The number of halogens is 1. The lowest BCUT2D eigenvalue weighted by molar-refractivity contribution is -0.116. The summed E-state index contributed by atoms with van der Waals surface area (Å²) in [6, 6.07) is 14.6. The molecule has 12 heteroatoms. The molecular weight excluding hydrogens is 572 g/mol. The Morgan fingerprint density at radius 3 is 2.65 bits per heavy atom. The number of hydrogen-bond donors (Lipinski definition) is 2. The molecule has 43 heavy (non-hydrogen) atoms. The standard InChI is InChI=1S/C31H31ClN6O5/c1-40-27-15-24-22(14-25(27)37-30(39)6-4-10-38-16-28-29(17-38)42-12-11-41-28)31(35-19-34-24)36-20-7-8-26(23(32)13-20)43-18-21-5-2-3-9-33-21/h2-9,13-15,19,28-29H,10-12,16-18H2,1H3,(H,37,39)(H,34,35,36). The van der Waals surface area contributed by atoms with E-state index in [1.54, 1.807) is 37.6 Å². The predicted molar refractivity (Wildman–Crippen MR) is 163 cm³/mol. The average molecular weight is 603 g/mol. The van der Waals surface area contributed by atoms with Crippen molar-refractivity contribution in [3.05, 3.63) is 83.9 Å². The van der Waals surface area contributed by atoms with E-state index in [2.05, 4.69) is 30.5 Å². The molecule has 0 aliphatic carbocycles. The van der Waals surface area contributed by atoms with Crippen molar-refractivity contribution in [1.82, 2.24) is 19.9 Å². The van der Waals surface area contributed by atoms with Crippen molar-refractivity contribution in [1.29, 1.82) is 0 Å². The Balaban J connectivity index is 1.13. The van der Waals surface area contributed by atoms with Crippen LogP contribution in [-0.2, 0) is 20.9 Å². The number of nitrogens with zero attached hydrogens (tertiary/aromatic N) is 4. The number of carbonyl (C=O) groups is 1. The molecule has 11 nitrogen and oxygen atoms in total. The minimum absolute atomic E-state index is 0.0994. The molecular formula is C31H31ClN6O5. The van der Waals surface area contributed by atoms with Crippen LogP contribution in [0.15, 0.2) is 73.2 Å². The summed E-state index contributed by atoms with van der Waals surface area (Å²) in [6.07, 6.45) is 6.73. The van der Waals surface area contributed by atoms with Gasteiger partial charge in [-0.2, -0.15) is 0 Å². The second kappa shape index (κ2) is 13.3. The van der Waals surface area contributed by atoms with Crippen LogP contribution < -0.4 is 20.1 Å². The highest BCUT2D eigenvalue weighted by Gasteiger charge is 2.35. The van der Waals surface area contributed by atoms with Crippen LogP contribution in [0.25, 0.3) is 10.9 Å². The van der Waals surface area contributed by atoms with Gasteiger partial charge in [0.15, 0.2) is 0 Å². The van der Waals surface area contributed by atoms with Crippen LogP contribution in [0, 0.1) is 0 Å². The van der Waals surface area contributed by atoms with Gasteiger partial charge in [0, 0.05) is 49.0 Å². The van der Waals surface area contributed by atoms with Crippen LogP contribution >= 0.6 is 11.6 Å². The van der Waals surface area contributed by atoms with Gasteiger partial charge in [0.05, 0.1) is 54.5 Å². The topological polar surface area (TPSA) is 120 Å². The van der Waals surface area contributed by atoms with Gasteiger partial charge in [-0.15, -0.1) is 0 Å². The number of amides is 1. The third-order valence-corrected chi connectivity index (χ3v) is 7.48. The minimum Gasteiger partial charge on any atom is -0.494 e. The largest absolute Gasteiger partial charge is 0.494 e. The number of aromatic nitrogens is 3. The second-order valence-corrected chi connectivity index (χ2v) is 10.5. The van der Waals surface area contributed by atoms with E-state index in [1.165, 1.54) is 12.4 Å². The molecule has 2 unspecified atom stereocenters. The van der Waals surface area contributed by atoms with Gasteiger partial charge in [-0.05, 0) is 36.4 Å². The number of methoxy groups -OCH3 is 1. The number of carbonyl (C=O) groups excluding carboxylic acids is 1. The van der Waals surface area contributed by atoms with Crippen molar-refractivity contribution in [3.63, 3.8) is 0 Å². The van der Waals surface area contributed by atoms with E-state index in [0.717, 1.165) is 18.8 Å². The summed E-state index contributed by atoms with van der Waals surface area (Å²) in [6.45, 7) is 3.77. The van der Waals surface area contributed by atoms with E-state index in [0.29, 0.717) is 71.0 Å². The van der Waals surface area contributed by atoms with E-state index < -0.39 is 0 Å². The number of rotatable bonds is 10. The first-order valence-electron chi connectivity index (χ1n) is 13.9. The maximum Gasteiger partial charge on any atom is 0.248 e. The van der Waals surface area contributed by atoms with E-state index in [-0.39, 0.29) is 18.1 Å². The SMILES string of the molecule is COc1cc2ncnc(Nc3ccc(OCc4ccccn4)c(Cl)c3)c2cc1NC(=O)C=CCN1CC2OCCOC2C1. The van der Waals surface area contributed by atoms with Crippen LogP contribution in [0.1, 0.15) is 5.69 Å². The molecule has 2 aliphatic heterocycles. The summed E-state index contributed by atoms with van der Waals surface area (Å²) < 4.78 is 22.9. The van der Waals surface area contributed by atoms with Crippen molar-refractivity contribution in [3.8, 4) is 11.5 Å². The third kappa shape index (κ3) is 7.03. The van der Waals surface area contributed by atoms with Gasteiger partial charge in [-0.25, -0.2) is 9.97 Å². The molecule has 0 spiro atoms. The molecule has 2 aromatic carbocycles. The number of fused-ring (bicyclic) bond motifs is 2. The number of likely N-dealkylation sites (tertiary alicyclic amines) is 1. The van der Waals surface area contributed by atoms with Gasteiger partial charge < -0.3 is 29.6 Å². The molecule has 0 saturated carbocycles. The first-order valence-corrected chi connectivity index (χ1v) is 14.3. The monoisotopic (exact) mass is 602 g/mol. The molecule has 2 atom stereocenters. The molecule has 4 heterocycles. The molecule has 6 rings (SSSR count). The number of benzene rings is 2. The van der Waals surface area contributed by atoms with Crippen molar-refractivity contribution in [2.45, 2.75) is 18.8 Å². The summed E-state index contributed by atoms with van der Waals surface area (Å²) in [5.41, 5.74) is 2.64.